The minimum atomic E-state index is -5.46. The molecule has 0 saturated carbocycles. The maximum absolute atomic E-state index is 14.7. The van der Waals surface area contributed by atoms with Gasteiger partial charge in [0, 0.05) is 25.8 Å². The number of phosphoric acid groups is 1. The van der Waals surface area contributed by atoms with Crippen LogP contribution in [0, 0.1) is 0 Å². The highest BCUT2D eigenvalue weighted by Gasteiger charge is 2.52. The molecule has 0 aliphatic carbocycles. The second-order valence-electron chi connectivity index (χ2n) is 29.0. The van der Waals surface area contributed by atoms with E-state index in [4.69, 9.17) is 32.9 Å². The van der Waals surface area contributed by atoms with Crippen molar-refractivity contribution >= 4 is 43.5 Å². The Kier molecular flexibility index (Phi) is 63.0. The molecule has 2 unspecified atom stereocenters. The van der Waals surface area contributed by atoms with Crippen LogP contribution >= 0.6 is 7.82 Å². The Balaban J connectivity index is 3.70. The van der Waals surface area contributed by atoms with Crippen molar-refractivity contribution in [1.29, 1.82) is 0 Å². The molecule has 1 heterocycles. The molecule has 0 radical (unpaired) electrons. The van der Waals surface area contributed by atoms with Gasteiger partial charge >= 0.3 is 31.7 Å². The van der Waals surface area contributed by atoms with Gasteiger partial charge < -0.3 is 53.9 Å². The van der Waals surface area contributed by atoms with E-state index in [9.17, 15) is 48.2 Å². The van der Waals surface area contributed by atoms with E-state index in [1.165, 1.54) is 103 Å². The molecule has 1 aliphatic rings. The van der Waals surface area contributed by atoms with E-state index in [0.717, 1.165) is 180 Å². The predicted molar refractivity (Wildman–Crippen MR) is 400 cm³/mol. The van der Waals surface area contributed by atoms with Crippen LogP contribution in [0.25, 0.3) is 0 Å². The van der Waals surface area contributed by atoms with Crippen LogP contribution in [0.4, 0.5) is 0 Å². The van der Waals surface area contributed by atoms with Gasteiger partial charge in [0.15, 0.2) is 12.4 Å². The first-order valence-electron chi connectivity index (χ1n) is 41.5. The first kappa shape index (κ1) is 94.8. The summed E-state index contributed by atoms with van der Waals surface area (Å²) in [7, 11) is -5.46. The average molecular weight is 1440 g/mol. The SMILES string of the molecule is CCCCCCCCCCC[C@H](CC(=O)NCCO[C@@H]1OC(CO)[C@H](OP(=O)(O)O)[C@H](OC(=O)C[C@@H](CCCCCCCCCCC)OC(=O)CCCCCCCCC)C1NC(=O)C[C@@H](CCCCCCCCCCC)OC(=O)CCCCCCCCC)OC(=O)CCCCCCCCC. The van der Waals surface area contributed by atoms with Crippen LogP contribution in [0.1, 0.15) is 408 Å². The lowest BCUT2D eigenvalue weighted by atomic mass is 9.96. The van der Waals surface area contributed by atoms with E-state index in [0.29, 0.717) is 44.9 Å². The van der Waals surface area contributed by atoms with Gasteiger partial charge in [-0.1, -0.05) is 311 Å². The zero-order valence-electron chi connectivity index (χ0n) is 64.5. The molecule has 5 N–H and O–H groups in total. The molecule has 0 spiro atoms. The molecule has 0 aromatic carbocycles. The van der Waals surface area contributed by atoms with Crippen molar-refractivity contribution < 1.29 is 81.2 Å². The fraction of sp³-hybridized carbons (Fsp3) is 0.925. The highest BCUT2D eigenvalue weighted by Crippen LogP contribution is 2.42. The number of amides is 2. The molecule has 0 aromatic heterocycles. The number of rotatable bonds is 72. The minimum Gasteiger partial charge on any atom is -0.462 e. The number of aliphatic hydroxyl groups is 1. The summed E-state index contributed by atoms with van der Waals surface area (Å²) in [6, 6.07) is -1.57. The Morgan fingerprint density at radius 3 is 1.01 bits per heavy atom. The first-order chi connectivity index (χ1) is 48.5. The molecule has 20 heteroatoms. The largest absolute Gasteiger partial charge is 0.470 e. The van der Waals surface area contributed by atoms with Gasteiger partial charge in [-0.05, 0) is 57.8 Å². The second-order valence-corrected chi connectivity index (χ2v) is 30.2. The van der Waals surface area contributed by atoms with Crippen molar-refractivity contribution in [2.75, 3.05) is 19.8 Å². The second kappa shape index (κ2) is 66.5. The molecule has 0 bridgehead atoms. The number of nitrogens with one attached hydrogen (secondary N) is 2. The average Bonchev–Trinajstić information content (AvgIpc) is 0.782. The van der Waals surface area contributed by atoms with Crippen molar-refractivity contribution in [3.05, 3.63) is 0 Å². The maximum Gasteiger partial charge on any atom is 0.470 e. The number of carbonyl (C=O) groups is 6. The summed E-state index contributed by atoms with van der Waals surface area (Å²) in [5.74, 6) is -3.20. The normalized spacial score (nSPS) is 17.1. The minimum absolute atomic E-state index is 0.0806. The third-order valence-corrected chi connectivity index (χ3v) is 19.9. The van der Waals surface area contributed by atoms with Gasteiger partial charge in [0.25, 0.3) is 0 Å². The van der Waals surface area contributed by atoms with Crippen LogP contribution in [0.5, 0.6) is 0 Å². The Labute approximate surface area is 608 Å². The summed E-state index contributed by atoms with van der Waals surface area (Å²) < 4.78 is 55.2. The lowest BCUT2D eigenvalue weighted by Crippen LogP contribution is -2.66. The number of aliphatic hydroxyl groups excluding tert-OH is 1. The summed E-state index contributed by atoms with van der Waals surface area (Å²) in [6.07, 6.45) is 42.2. The highest BCUT2D eigenvalue weighted by atomic mass is 31.2. The van der Waals surface area contributed by atoms with E-state index in [1.807, 2.05) is 0 Å². The Hall–Kier alpha value is -3.19. The van der Waals surface area contributed by atoms with Crippen molar-refractivity contribution in [3.8, 4) is 0 Å². The number of hydrogen-bond donors (Lipinski definition) is 5. The maximum atomic E-state index is 14.7. The zero-order chi connectivity index (χ0) is 73.4. The van der Waals surface area contributed by atoms with Gasteiger partial charge in [-0.3, -0.25) is 33.3 Å². The lowest BCUT2D eigenvalue weighted by Gasteiger charge is -2.45. The number of carbonyl (C=O) groups excluding carboxylic acids is 6. The summed E-state index contributed by atoms with van der Waals surface area (Å²) in [5.41, 5.74) is 0. The van der Waals surface area contributed by atoms with Crippen LogP contribution in [-0.4, -0.2) is 119 Å². The van der Waals surface area contributed by atoms with Crippen LogP contribution in [0.2, 0.25) is 0 Å². The molecule has 1 rings (SSSR count). The summed E-state index contributed by atoms with van der Waals surface area (Å²) in [5, 5.41) is 16.6. The van der Waals surface area contributed by atoms with Crippen molar-refractivity contribution in [1.82, 2.24) is 10.6 Å². The molecule has 0 aromatic rings. The zero-order valence-corrected chi connectivity index (χ0v) is 65.4. The first-order valence-corrected chi connectivity index (χ1v) is 43.0. The summed E-state index contributed by atoms with van der Waals surface area (Å²) >= 11 is 0. The third-order valence-electron chi connectivity index (χ3n) is 19.3. The topological polar surface area (TPSA) is 269 Å². The van der Waals surface area contributed by atoms with Crippen LogP contribution in [-0.2, 0) is 66.3 Å². The standard InChI is InChI=1S/C80H151N2O17P/c1-7-13-19-25-31-34-40-43-49-55-67(94-73(86)58-52-46-37-28-22-16-10-4)63-71(84)81-61-62-93-80-77(82-72(85)64-68(56-50-44-41-35-32-26-20-14-8-2)95-74(87)59-53-47-38-29-23-17-11-5)79(78(70(66-83)97-80)99-100(90,91)92)98-76(89)65-69(57-51-45-42-36-33-27-21-15-9-3)96-75(88)60-54-48-39-30-24-18-12-6/h67-70,77-80,83H,7-66H2,1-6H3,(H,81,84)(H,82,85)(H2,90,91,92)/t67-,68-,69-,70?,77?,78+,79-,80-/m1/s1. The molecular weight excluding hydrogens is 1290 g/mol. The van der Waals surface area contributed by atoms with E-state index >= 15 is 0 Å². The predicted octanol–water partition coefficient (Wildman–Crippen LogP) is 19.8. The molecule has 2 amide bonds. The van der Waals surface area contributed by atoms with Gasteiger partial charge in [-0.25, -0.2) is 4.57 Å². The van der Waals surface area contributed by atoms with E-state index in [2.05, 4.69) is 52.2 Å². The molecule has 1 fully saturated rings. The van der Waals surface area contributed by atoms with Gasteiger partial charge in [0.2, 0.25) is 11.8 Å². The number of phosphoric ester groups is 1. The van der Waals surface area contributed by atoms with Gasteiger partial charge in [-0.2, -0.15) is 0 Å². The number of ether oxygens (including phenoxy) is 6. The fourth-order valence-electron chi connectivity index (χ4n) is 13.3. The summed E-state index contributed by atoms with van der Waals surface area (Å²) in [6.45, 7) is 11.8. The van der Waals surface area contributed by atoms with E-state index < -0.39 is 99.5 Å². The number of hydrogen-bond acceptors (Lipinski definition) is 15. The van der Waals surface area contributed by atoms with Gasteiger partial charge in [0.05, 0.1) is 32.5 Å². The van der Waals surface area contributed by atoms with Crippen molar-refractivity contribution in [3.63, 3.8) is 0 Å². The fourth-order valence-corrected chi connectivity index (χ4v) is 13.9. The number of unbranched alkanes of at least 4 members (excludes halogenated alkanes) is 42. The molecule has 1 saturated heterocycles. The van der Waals surface area contributed by atoms with Gasteiger partial charge in [-0.15, -0.1) is 0 Å². The molecule has 100 heavy (non-hydrogen) atoms. The van der Waals surface area contributed by atoms with Crippen molar-refractivity contribution in [2.45, 2.75) is 456 Å². The Bertz CT molecular complexity index is 2030. The van der Waals surface area contributed by atoms with E-state index in [1.54, 1.807) is 0 Å². The molecule has 8 atom stereocenters. The lowest BCUT2D eigenvalue weighted by molar-refractivity contribution is -0.270. The van der Waals surface area contributed by atoms with Crippen molar-refractivity contribution in [2.24, 2.45) is 0 Å². The molecule has 588 valence electrons. The Morgan fingerprint density at radius 2 is 0.690 bits per heavy atom. The molecule has 1 aliphatic heterocycles. The monoisotopic (exact) mass is 1440 g/mol. The number of esters is 4. The van der Waals surface area contributed by atoms with Crippen LogP contribution in [0.3, 0.4) is 0 Å². The van der Waals surface area contributed by atoms with Crippen LogP contribution in [0.15, 0.2) is 0 Å². The summed E-state index contributed by atoms with van der Waals surface area (Å²) in [4.78, 5) is 104. The smallest absolute Gasteiger partial charge is 0.462 e. The highest BCUT2D eigenvalue weighted by molar-refractivity contribution is 7.46. The third kappa shape index (κ3) is 55.3. The molecular formula is C80H151N2O17P. The van der Waals surface area contributed by atoms with Crippen LogP contribution < -0.4 is 10.6 Å². The quantitative estimate of drug-likeness (QED) is 0.0164. The van der Waals surface area contributed by atoms with Gasteiger partial charge in [0.1, 0.15) is 36.6 Å². The molecule has 19 nitrogen and oxygen atoms in total. The Morgan fingerprint density at radius 1 is 0.390 bits per heavy atom. The van der Waals surface area contributed by atoms with E-state index in [-0.39, 0.29) is 51.2 Å².